The van der Waals surface area contributed by atoms with Gasteiger partial charge >= 0.3 is 0 Å². The minimum atomic E-state index is 1.15. The van der Waals surface area contributed by atoms with Crippen molar-refractivity contribution in [3.63, 3.8) is 0 Å². The minimum Gasteiger partial charge on any atom is -0.133 e. The van der Waals surface area contributed by atoms with Gasteiger partial charge in [-0.2, -0.15) is 0 Å². The van der Waals surface area contributed by atoms with Crippen LogP contribution in [0.15, 0.2) is 41.6 Å². The Morgan fingerprint density at radius 1 is 1.30 bits per heavy atom. The Hall–Kier alpha value is -0.935. The maximum atomic E-state index is 3.08. The molecule has 0 amide bonds. The molecular weight excluding hydrogens is 119 g/mol. The molecule has 0 fully saturated rings. The van der Waals surface area contributed by atoms with E-state index in [0.29, 0.717) is 0 Å². The molecule has 0 saturated carbocycles. The largest absolute Gasteiger partial charge is 0.149 e. The van der Waals surface area contributed by atoms with Crippen molar-refractivity contribution in [1.29, 1.82) is 0 Å². The number of hydrogen-bond acceptors (Lipinski definition) is 0. The highest BCUT2D eigenvalue weighted by Crippen LogP contribution is 1.87. The summed E-state index contributed by atoms with van der Waals surface area (Å²) >= 11 is 0. The second kappa shape index (κ2) is 6.19. The van der Waals surface area contributed by atoms with Gasteiger partial charge in [-0.25, -0.2) is 0 Å². The first-order valence-corrected chi connectivity index (χ1v) is 3.48. The summed E-state index contributed by atoms with van der Waals surface area (Å²) in [5, 5.41) is 0. The van der Waals surface area contributed by atoms with E-state index in [1.165, 1.54) is 0 Å². The first kappa shape index (κ1) is 9.06. The zero-order valence-electron chi connectivity index (χ0n) is 6.89. The van der Waals surface area contributed by atoms with Crippen LogP contribution < -0.4 is 0 Å². The minimum absolute atomic E-state index is 1.15. The molecular formula is C9H13B. The zero-order chi connectivity index (χ0) is 7.82. The van der Waals surface area contributed by atoms with Crippen molar-refractivity contribution in [2.45, 2.75) is 13.8 Å². The van der Waals surface area contributed by atoms with Crippen LogP contribution in [0.25, 0.3) is 0 Å². The molecule has 0 aromatic carbocycles. The van der Waals surface area contributed by atoms with Crippen molar-refractivity contribution in [2.75, 3.05) is 0 Å². The van der Waals surface area contributed by atoms with Crippen LogP contribution in [-0.2, 0) is 0 Å². The molecule has 0 aliphatic carbocycles. The van der Waals surface area contributed by atoms with Crippen molar-refractivity contribution in [3.8, 4) is 0 Å². The monoisotopic (exact) mass is 132 g/mol. The summed E-state index contributed by atoms with van der Waals surface area (Å²) in [6.07, 6.45) is 9.95. The molecule has 0 saturated heterocycles. The van der Waals surface area contributed by atoms with E-state index in [1.807, 2.05) is 52.1 Å². The Balaban J connectivity index is 4.02. The van der Waals surface area contributed by atoms with E-state index in [9.17, 15) is 0 Å². The van der Waals surface area contributed by atoms with Crippen molar-refractivity contribution < 1.29 is 0 Å². The molecule has 0 rings (SSSR count). The fourth-order valence-corrected chi connectivity index (χ4v) is 0.587. The second-order valence-corrected chi connectivity index (χ2v) is 2.00. The Morgan fingerprint density at radius 3 is 2.50 bits per heavy atom. The Morgan fingerprint density at radius 2 is 2.00 bits per heavy atom. The van der Waals surface area contributed by atoms with Gasteiger partial charge in [-0.15, -0.1) is 5.73 Å². The predicted octanol–water partition coefficient (Wildman–Crippen LogP) is 1.81. The summed E-state index contributed by atoms with van der Waals surface area (Å²) in [7, 11) is 2.03. The molecule has 0 aromatic heterocycles. The smallest absolute Gasteiger partial charge is 0.133 e. The van der Waals surface area contributed by atoms with Gasteiger partial charge in [0.05, 0.1) is 0 Å². The van der Waals surface area contributed by atoms with Gasteiger partial charge in [0.25, 0.3) is 0 Å². The van der Waals surface area contributed by atoms with E-state index in [-0.39, 0.29) is 0 Å². The molecule has 0 spiro atoms. The third-order valence-corrected chi connectivity index (χ3v) is 1.02. The van der Waals surface area contributed by atoms with Crippen LogP contribution in [0.4, 0.5) is 0 Å². The van der Waals surface area contributed by atoms with Gasteiger partial charge in [-0.1, -0.05) is 24.3 Å². The molecule has 10 heavy (non-hydrogen) atoms. The highest BCUT2D eigenvalue weighted by atomic mass is 13.7. The van der Waals surface area contributed by atoms with E-state index in [4.69, 9.17) is 0 Å². The van der Waals surface area contributed by atoms with Gasteiger partial charge in [0.1, 0.15) is 7.85 Å². The average molecular weight is 132 g/mol. The summed E-state index contributed by atoms with van der Waals surface area (Å²) in [6, 6.07) is 0. The van der Waals surface area contributed by atoms with Crippen molar-refractivity contribution in [3.05, 3.63) is 41.6 Å². The molecule has 0 unspecified atom stereocenters. The van der Waals surface area contributed by atoms with Crippen LogP contribution in [0.5, 0.6) is 0 Å². The predicted molar refractivity (Wildman–Crippen MR) is 49.8 cm³/mol. The molecule has 0 nitrogen and oxygen atoms in total. The summed E-state index contributed by atoms with van der Waals surface area (Å²) in [5.41, 5.74) is 4.23. The SMILES string of the molecule is BC(=C=CC)/C=C\C=C/C. The van der Waals surface area contributed by atoms with E-state index in [1.54, 1.807) is 0 Å². The van der Waals surface area contributed by atoms with Gasteiger partial charge in [0.2, 0.25) is 0 Å². The maximum absolute atomic E-state index is 3.08. The molecule has 52 valence electrons. The van der Waals surface area contributed by atoms with Crippen molar-refractivity contribution >= 4 is 7.85 Å². The fraction of sp³-hybridized carbons (Fsp3) is 0.222. The van der Waals surface area contributed by atoms with Crippen LogP contribution in [0, 0.1) is 0 Å². The van der Waals surface area contributed by atoms with Crippen molar-refractivity contribution in [1.82, 2.24) is 0 Å². The first-order valence-electron chi connectivity index (χ1n) is 3.48. The summed E-state index contributed by atoms with van der Waals surface area (Å²) in [6.45, 7) is 3.96. The van der Waals surface area contributed by atoms with E-state index in [0.717, 1.165) is 5.47 Å². The lowest BCUT2D eigenvalue weighted by Crippen LogP contribution is -1.68. The Kier molecular flexibility index (Phi) is 5.61. The first-order chi connectivity index (χ1) is 4.81. The van der Waals surface area contributed by atoms with Gasteiger partial charge in [-0.3, -0.25) is 0 Å². The lowest BCUT2D eigenvalue weighted by Gasteiger charge is -1.79. The van der Waals surface area contributed by atoms with Crippen LogP contribution in [0.2, 0.25) is 0 Å². The number of allylic oxidation sites excluding steroid dienone is 5. The van der Waals surface area contributed by atoms with Gasteiger partial charge in [-0.05, 0) is 25.4 Å². The van der Waals surface area contributed by atoms with E-state index >= 15 is 0 Å². The fourth-order valence-electron chi connectivity index (χ4n) is 0.587. The molecule has 0 aromatic rings. The third-order valence-electron chi connectivity index (χ3n) is 1.02. The quantitative estimate of drug-likeness (QED) is 0.305. The van der Waals surface area contributed by atoms with E-state index in [2.05, 4.69) is 5.73 Å². The molecule has 0 bridgehead atoms. The molecule has 0 aliphatic heterocycles. The average Bonchev–Trinajstić information content (AvgIpc) is 1.89. The standard InChI is InChI=1S/C9H13B/c1-3-5-6-8-9(10)7-4-2/h3-6,8H,10H2,1-2H3/b5-3-,8-6-. The molecule has 0 heterocycles. The maximum Gasteiger partial charge on any atom is 0.149 e. The van der Waals surface area contributed by atoms with Crippen LogP contribution in [-0.4, -0.2) is 7.85 Å². The van der Waals surface area contributed by atoms with Crippen LogP contribution >= 0.6 is 0 Å². The second-order valence-electron chi connectivity index (χ2n) is 2.00. The van der Waals surface area contributed by atoms with Gasteiger partial charge < -0.3 is 0 Å². The molecule has 0 radical (unpaired) electrons. The number of rotatable bonds is 2. The highest BCUT2D eigenvalue weighted by molar-refractivity contribution is 6.23. The summed E-state index contributed by atoms with van der Waals surface area (Å²) < 4.78 is 0. The lowest BCUT2D eigenvalue weighted by atomic mass is 9.96. The van der Waals surface area contributed by atoms with Gasteiger partial charge in [0.15, 0.2) is 0 Å². The Bertz CT molecular complexity index is 191. The Labute approximate surface area is 64.1 Å². The molecule has 0 aliphatic rings. The highest BCUT2D eigenvalue weighted by Gasteiger charge is 1.72. The molecule has 1 heteroatoms. The summed E-state index contributed by atoms with van der Waals surface area (Å²) in [5.74, 6) is 0. The molecule has 0 N–H and O–H groups in total. The number of hydrogen-bond donors (Lipinski definition) is 0. The van der Waals surface area contributed by atoms with E-state index < -0.39 is 0 Å². The molecule has 0 atom stereocenters. The van der Waals surface area contributed by atoms with Crippen LogP contribution in [0.1, 0.15) is 13.8 Å². The third kappa shape index (κ3) is 5.21. The topological polar surface area (TPSA) is 0 Å². The van der Waals surface area contributed by atoms with Crippen LogP contribution in [0.3, 0.4) is 0 Å². The lowest BCUT2D eigenvalue weighted by molar-refractivity contribution is 1.71. The van der Waals surface area contributed by atoms with Gasteiger partial charge in [0, 0.05) is 0 Å². The zero-order valence-corrected chi connectivity index (χ0v) is 6.89. The van der Waals surface area contributed by atoms with Crippen molar-refractivity contribution in [2.24, 2.45) is 0 Å². The summed E-state index contributed by atoms with van der Waals surface area (Å²) in [4.78, 5) is 0. The normalized spacial score (nSPS) is 10.2.